The van der Waals surface area contributed by atoms with Crippen LogP contribution >= 0.6 is 0 Å². The molecular formula is C17H23N3O6. The molecule has 0 spiro atoms. The lowest BCUT2D eigenvalue weighted by Gasteiger charge is -2.12. The van der Waals surface area contributed by atoms with E-state index in [1.54, 1.807) is 31.2 Å². The van der Waals surface area contributed by atoms with Crippen molar-refractivity contribution in [1.82, 2.24) is 16.0 Å². The molecule has 3 N–H and O–H groups in total. The minimum Gasteiger partial charge on any atom is -0.497 e. The monoisotopic (exact) mass is 365 g/mol. The summed E-state index contributed by atoms with van der Waals surface area (Å²) in [5.74, 6) is -1.43. The van der Waals surface area contributed by atoms with Crippen molar-refractivity contribution in [3.05, 3.63) is 29.8 Å². The first-order valence-corrected chi connectivity index (χ1v) is 8.04. The summed E-state index contributed by atoms with van der Waals surface area (Å²) < 4.78 is 9.68. The number of nitrogens with one attached hydrogen (secondary N) is 3. The molecule has 1 aromatic carbocycles. The summed E-state index contributed by atoms with van der Waals surface area (Å²) in [4.78, 5) is 46.4. The van der Waals surface area contributed by atoms with E-state index in [0.717, 1.165) is 0 Å². The van der Waals surface area contributed by atoms with Crippen molar-refractivity contribution < 1.29 is 28.7 Å². The molecule has 4 amide bonds. The Bertz CT molecular complexity index is 644. The third kappa shape index (κ3) is 7.65. The van der Waals surface area contributed by atoms with E-state index in [0.29, 0.717) is 17.7 Å². The third-order valence-corrected chi connectivity index (χ3v) is 3.35. The van der Waals surface area contributed by atoms with Crippen molar-refractivity contribution in [3.63, 3.8) is 0 Å². The van der Waals surface area contributed by atoms with Crippen molar-refractivity contribution in [2.24, 2.45) is 0 Å². The van der Waals surface area contributed by atoms with Crippen LogP contribution in [0.5, 0.6) is 5.75 Å². The Labute approximate surface area is 151 Å². The van der Waals surface area contributed by atoms with Gasteiger partial charge in [0, 0.05) is 11.6 Å². The molecule has 0 aliphatic heterocycles. The Balaban J connectivity index is 2.30. The minimum absolute atomic E-state index is 0.0847. The molecule has 0 fully saturated rings. The molecule has 1 rings (SSSR count). The molecule has 0 heterocycles. The number of imide groups is 1. The number of hydrogen-bond donors (Lipinski definition) is 3. The lowest BCUT2D eigenvalue weighted by molar-refractivity contribution is -0.147. The van der Waals surface area contributed by atoms with Gasteiger partial charge in [-0.15, -0.1) is 0 Å². The first kappa shape index (κ1) is 20.9. The van der Waals surface area contributed by atoms with E-state index < -0.39 is 37.0 Å². The fraction of sp³-hybridized carbons (Fsp3) is 0.412. The Morgan fingerprint density at radius 2 is 1.77 bits per heavy atom. The van der Waals surface area contributed by atoms with E-state index in [1.165, 1.54) is 7.11 Å². The van der Waals surface area contributed by atoms with Crippen molar-refractivity contribution in [3.8, 4) is 5.75 Å². The summed E-state index contributed by atoms with van der Waals surface area (Å²) in [5, 5.41) is 6.94. The second kappa shape index (κ2) is 10.7. The van der Waals surface area contributed by atoms with Crippen molar-refractivity contribution in [2.75, 3.05) is 20.3 Å². The van der Waals surface area contributed by atoms with E-state index in [2.05, 4.69) is 10.6 Å². The molecule has 1 atom stereocenters. The van der Waals surface area contributed by atoms with Crippen LogP contribution in [0.1, 0.15) is 30.6 Å². The number of esters is 1. The van der Waals surface area contributed by atoms with Gasteiger partial charge in [-0.2, -0.15) is 0 Å². The quantitative estimate of drug-likeness (QED) is 0.580. The van der Waals surface area contributed by atoms with Gasteiger partial charge in [-0.3, -0.25) is 19.7 Å². The van der Waals surface area contributed by atoms with Gasteiger partial charge in [0.05, 0.1) is 7.11 Å². The van der Waals surface area contributed by atoms with Gasteiger partial charge in [0.2, 0.25) is 0 Å². The largest absolute Gasteiger partial charge is 0.497 e. The highest BCUT2D eigenvalue weighted by atomic mass is 16.5. The minimum atomic E-state index is -0.802. The maximum Gasteiger partial charge on any atom is 0.325 e. The number of carbonyl (C=O) groups is 4. The predicted octanol–water partition coefficient (Wildman–Crippen LogP) is 0.593. The average molecular weight is 365 g/mol. The van der Waals surface area contributed by atoms with Gasteiger partial charge in [0.25, 0.3) is 11.8 Å². The van der Waals surface area contributed by atoms with Crippen molar-refractivity contribution >= 4 is 23.8 Å². The van der Waals surface area contributed by atoms with Gasteiger partial charge >= 0.3 is 12.0 Å². The molecule has 0 radical (unpaired) electrons. The Hall–Kier alpha value is -3.10. The van der Waals surface area contributed by atoms with E-state index in [9.17, 15) is 19.2 Å². The van der Waals surface area contributed by atoms with E-state index >= 15 is 0 Å². The highest BCUT2D eigenvalue weighted by Gasteiger charge is 2.13. The van der Waals surface area contributed by atoms with Crippen LogP contribution < -0.4 is 20.7 Å². The zero-order valence-corrected chi connectivity index (χ0v) is 15.0. The van der Waals surface area contributed by atoms with Crippen molar-refractivity contribution in [2.45, 2.75) is 26.3 Å². The van der Waals surface area contributed by atoms with Gasteiger partial charge in [-0.1, -0.05) is 6.92 Å². The number of benzene rings is 1. The topological polar surface area (TPSA) is 123 Å². The van der Waals surface area contributed by atoms with Gasteiger partial charge in [-0.25, -0.2) is 4.79 Å². The summed E-state index contributed by atoms with van der Waals surface area (Å²) in [6.07, 6.45) is 0.713. The van der Waals surface area contributed by atoms with Crippen LogP contribution in [0.2, 0.25) is 0 Å². The SMILES string of the molecule is CC[C@H](C)NC(=O)NC(=O)COC(=O)CNC(=O)c1ccc(OC)cc1. The molecule has 0 bridgehead atoms. The summed E-state index contributed by atoms with van der Waals surface area (Å²) in [6, 6.07) is 5.57. The molecule has 0 aromatic heterocycles. The molecular weight excluding hydrogens is 342 g/mol. The average Bonchev–Trinajstić information content (AvgIpc) is 2.64. The highest BCUT2D eigenvalue weighted by molar-refractivity contribution is 5.97. The van der Waals surface area contributed by atoms with Crippen LogP contribution in [0.4, 0.5) is 4.79 Å². The fourth-order valence-corrected chi connectivity index (χ4v) is 1.72. The van der Waals surface area contributed by atoms with Gasteiger partial charge < -0.3 is 20.1 Å². The summed E-state index contributed by atoms with van der Waals surface area (Å²) in [5.41, 5.74) is 0.345. The van der Waals surface area contributed by atoms with Crippen molar-refractivity contribution in [1.29, 1.82) is 0 Å². The van der Waals surface area contributed by atoms with E-state index in [1.807, 2.05) is 12.2 Å². The molecule has 0 unspecified atom stereocenters. The van der Waals surface area contributed by atoms with Crippen LogP contribution in [0.15, 0.2) is 24.3 Å². The second-order valence-electron chi connectivity index (χ2n) is 5.40. The lowest BCUT2D eigenvalue weighted by Crippen LogP contribution is -2.45. The zero-order chi connectivity index (χ0) is 19.5. The summed E-state index contributed by atoms with van der Waals surface area (Å²) in [6.45, 7) is 2.65. The van der Waals surface area contributed by atoms with E-state index in [4.69, 9.17) is 9.47 Å². The zero-order valence-electron chi connectivity index (χ0n) is 15.0. The molecule has 9 nitrogen and oxygen atoms in total. The van der Waals surface area contributed by atoms with E-state index in [-0.39, 0.29) is 6.04 Å². The number of amides is 4. The van der Waals surface area contributed by atoms with Crippen LogP contribution in [0.25, 0.3) is 0 Å². The lowest BCUT2D eigenvalue weighted by atomic mass is 10.2. The molecule has 0 aliphatic carbocycles. The highest BCUT2D eigenvalue weighted by Crippen LogP contribution is 2.10. The molecule has 1 aromatic rings. The smallest absolute Gasteiger partial charge is 0.325 e. The first-order chi connectivity index (χ1) is 12.3. The van der Waals surface area contributed by atoms with Crippen LogP contribution in [0.3, 0.4) is 0 Å². The maximum absolute atomic E-state index is 11.9. The molecule has 0 saturated carbocycles. The summed E-state index contributed by atoms with van der Waals surface area (Å²) in [7, 11) is 1.51. The number of carbonyl (C=O) groups excluding carboxylic acids is 4. The molecule has 0 saturated heterocycles. The van der Waals surface area contributed by atoms with Crippen LogP contribution in [-0.4, -0.2) is 50.1 Å². The number of rotatable bonds is 8. The molecule has 9 heteroatoms. The molecule has 142 valence electrons. The second-order valence-corrected chi connectivity index (χ2v) is 5.40. The Kier molecular flexibility index (Phi) is 8.62. The predicted molar refractivity (Wildman–Crippen MR) is 92.7 cm³/mol. The number of hydrogen-bond acceptors (Lipinski definition) is 6. The van der Waals surface area contributed by atoms with Gasteiger partial charge in [0.15, 0.2) is 6.61 Å². The normalized spacial score (nSPS) is 11.0. The fourth-order valence-electron chi connectivity index (χ4n) is 1.72. The first-order valence-electron chi connectivity index (χ1n) is 8.04. The molecule has 0 aliphatic rings. The third-order valence-electron chi connectivity index (χ3n) is 3.35. The maximum atomic E-state index is 11.9. The van der Waals surface area contributed by atoms with Gasteiger partial charge in [-0.05, 0) is 37.6 Å². The summed E-state index contributed by atoms with van der Waals surface area (Å²) >= 11 is 0. The Morgan fingerprint density at radius 1 is 1.12 bits per heavy atom. The standard InChI is InChI=1S/C17H23N3O6/c1-4-11(2)19-17(24)20-14(21)10-26-15(22)9-18-16(23)12-5-7-13(25-3)8-6-12/h5-8,11H,4,9-10H2,1-3H3,(H,18,23)(H2,19,20,21,24)/t11-/m0/s1. The number of ether oxygens (including phenoxy) is 2. The number of methoxy groups -OCH3 is 1. The van der Waals surface area contributed by atoms with Crippen LogP contribution in [-0.2, 0) is 14.3 Å². The Morgan fingerprint density at radius 3 is 2.35 bits per heavy atom. The molecule has 26 heavy (non-hydrogen) atoms. The van der Waals surface area contributed by atoms with Crippen LogP contribution in [0, 0.1) is 0 Å². The number of urea groups is 1. The van der Waals surface area contributed by atoms with Gasteiger partial charge in [0.1, 0.15) is 12.3 Å².